The van der Waals surface area contributed by atoms with Crippen LogP contribution in [0.25, 0.3) is 0 Å². The number of nitrogens with one attached hydrogen (secondary N) is 1. The predicted molar refractivity (Wildman–Crippen MR) is 84.2 cm³/mol. The van der Waals surface area contributed by atoms with E-state index in [0.717, 1.165) is 11.6 Å². The van der Waals surface area contributed by atoms with Gasteiger partial charge in [0.1, 0.15) is 0 Å². The minimum atomic E-state index is -0.0142. The first-order valence-corrected chi connectivity index (χ1v) is 6.91. The number of carbonyl (C=O) groups excluding carboxylic acids is 1. The lowest BCUT2D eigenvalue weighted by molar-refractivity contribution is 0.0939. The highest BCUT2D eigenvalue weighted by Gasteiger charge is 2.29. The van der Waals surface area contributed by atoms with E-state index in [4.69, 9.17) is 5.73 Å². The Kier molecular flexibility index (Phi) is 6.46. The van der Waals surface area contributed by atoms with E-state index in [1.54, 1.807) is 0 Å². The summed E-state index contributed by atoms with van der Waals surface area (Å²) in [5, 5.41) is 2.99. The summed E-state index contributed by atoms with van der Waals surface area (Å²) < 4.78 is 0. The van der Waals surface area contributed by atoms with Crippen molar-refractivity contribution in [3.8, 4) is 0 Å². The maximum atomic E-state index is 12.0. The number of halogens is 1. The molecule has 1 fully saturated rings. The zero-order valence-corrected chi connectivity index (χ0v) is 13.0. The van der Waals surface area contributed by atoms with Gasteiger partial charge in [-0.05, 0) is 44.5 Å². The molecule has 0 aromatic heterocycles. The predicted octanol–water partition coefficient (Wildman–Crippen LogP) is 1.78. The van der Waals surface area contributed by atoms with Crippen molar-refractivity contribution in [2.75, 3.05) is 13.6 Å². The maximum absolute atomic E-state index is 12.0. The molecule has 3 N–H and O–H groups in total. The second-order valence-corrected chi connectivity index (χ2v) is 5.36. The highest BCUT2D eigenvalue weighted by molar-refractivity contribution is 5.94. The van der Waals surface area contributed by atoms with Crippen LogP contribution in [0.15, 0.2) is 24.3 Å². The first-order valence-electron chi connectivity index (χ1n) is 6.91. The van der Waals surface area contributed by atoms with E-state index in [0.29, 0.717) is 24.7 Å². The van der Waals surface area contributed by atoms with Crippen molar-refractivity contribution in [2.45, 2.75) is 38.4 Å². The largest absolute Gasteiger partial charge is 0.350 e. The fourth-order valence-corrected chi connectivity index (χ4v) is 2.12. The lowest BCUT2D eigenvalue weighted by Gasteiger charge is -2.24. The number of benzene rings is 1. The van der Waals surface area contributed by atoms with Gasteiger partial charge in [0.25, 0.3) is 5.91 Å². The third kappa shape index (κ3) is 4.47. The van der Waals surface area contributed by atoms with E-state index in [-0.39, 0.29) is 18.3 Å². The molecule has 1 aliphatic carbocycles. The normalized spacial score (nSPS) is 15.6. The van der Waals surface area contributed by atoms with E-state index in [1.807, 2.05) is 24.3 Å². The number of amides is 1. The maximum Gasteiger partial charge on any atom is 0.251 e. The summed E-state index contributed by atoms with van der Waals surface area (Å²) in [6.45, 7) is 3.34. The topological polar surface area (TPSA) is 58.4 Å². The molecule has 0 aliphatic heterocycles. The Morgan fingerprint density at radius 2 is 2.00 bits per heavy atom. The van der Waals surface area contributed by atoms with Gasteiger partial charge in [-0.2, -0.15) is 0 Å². The lowest BCUT2D eigenvalue weighted by Crippen LogP contribution is -2.41. The smallest absolute Gasteiger partial charge is 0.251 e. The van der Waals surface area contributed by atoms with Crippen LogP contribution in [0.2, 0.25) is 0 Å². The second kappa shape index (κ2) is 7.62. The Morgan fingerprint density at radius 1 is 1.40 bits per heavy atom. The minimum absolute atomic E-state index is 0. The van der Waals surface area contributed by atoms with Crippen LogP contribution in [0.3, 0.4) is 0 Å². The number of carbonyl (C=O) groups is 1. The molecule has 1 unspecified atom stereocenters. The van der Waals surface area contributed by atoms with E-state index < -0.39 is 0 Å². The van der Waals surface area contributed by atoms with Crippen molar-refractivity contribution in [1.29, 1.82) is 0 Å². The molecule has 0 spiro atoms. The van der Waals surface area contributed by atoms with Crippen LogP contribution in [0, 0.1) is 0 Å². The Bertz CT molecular complexity index is 431. The van der Waals surface area contributed by atoms with Gasteiger partial charge < -0.3 is 11.1 Å². The van der Waals surface area contributed by atoms with Crippen LogP contribution in [0.1, 0.15) is 35.7 Å². The monoisotopic (exact) mass is 297 g/mol. The number of nitrogens with zero attached hydrogens (tertiary/aromatic N) is 1. The molecule has 1 atom stereocenters. The molecule has 0 heterocycles. The lowest BCUT2D eigenvalue weighted by atomic mass is 10.1. The summed E-state index contributed by atoms with van der Waals surface area (Å²) in [7, 11) is 2.13. The molecular formula is C15H24ClN3O. The average molecular weight is 298 g/mol. The van der Waals surface area contributed by atoms with Crippen LogP contribution in [-0.2, 0) is 6.54 Å². The fourth-order valence-electron chi connectivity index (χ4n) is 2.12. The highest BCUT2D eigenvalue weighted by Crippen LogP contribution is 2.26. The number of hydrogen-bond acceptors (Lipinski definition) is 3. The third-order valence-corrected chi connectivity index (χ3v) is 3.83. The SMILES string of the molecule is CC(CNC(=O)c1ccc(CN)cc1)N(C)C1CC1.Cl. The van der Waals surface area contributed by atoms with Crippen molar-refractivity contribution < 1.29 is 4.79 Å². The van der Waals surface area contributed by atoms with Gasteiger partial charge in [-0.25, -0.2) is 0 Å². The number of nitrogens with two attached hydrogens (primary N) is 1. The minimum Gasteiger partial charge on any atom is -0.350 e. The summed E-state index contributed by atoms with van der Waals surface area (Å²) in [6.07, 6.45) is 2.57. The molecule has 0 bridgehead atoms. The molecule has 112 valence electrons. The Labute approximate surface area is 127 Å². The molecule has 1 amide bonds. The number of hydrogen-bond donors (Lipinski definition) is 2. The van der Waals surface area contributed by atoms with E-state index in [2.05, 4.69) is 24.2 Å². The highest BCUT2D eigenvalue weighted by atomic mass is 35.5. The Morgan fingerprint density at radius 3 is 2.50 bits per heavy atom. The van der Waals surface area contributed by atoms with Crippen molar-refractivity contribution in [3.63, 3.8) is 0 Å². The third-order valence-electron chi connectivity index (χ3n) is 3.83. The summed E-state index contributed by atoms with van der Waals surface area (Å²) in [5.74, 6) is -0.0142. The van der Waals surface area contributed by atoms with Crippen LogP contribution in [0.4, 0.5) is 0 Å². The molecule has 20 heavy (non-hydrogen) atoms. The summed E-state index contributed by atoms with van der Waals surface area (Å²) in [6, 6.07) is 8.54. The second-order valence-electron chi connectivity index (χ2n) is 5.36. The molecule has 1 aromatic rings. The van der Waals surface area contributed by atoms with Gasteiger partial charge in [0.05, 0.1) is 0 Å². The number of likely N-dealkylation sites (N-methyl/N-ethyl adjacent to an activating group) is 1. The number of rotatable bonds is 6. The molecule has 2 rings (SSSR count). The molecule has 1 aliphatic rings. The molecule has 5 heteroatoms. The van der Waals surface area contributed by atoms with Crippen LogP contribution < -0.4 is 11.1 Å². The van der Waals surface area contributed by atoms with Gasteiger partial charge in [-0.1, -0.05) is 12.1 Å². The van der Waals surface area contributed by atoms with Gasteiger partial charge >= 0.3 is 0 Å². The van der Waals surface area contributed by atoms with Gasteiger partial charge in [0.15, 0.2) is 0 Å². The van der Waals surface area contributed by atoms with Crippen molar-refractivity contribution in [1.82, 2.24) is 10.2 Å². The van der Waals surface area contributed by atoms with E-state index in [1.165, 1.54) is 12.8 Å². The molecule has 0 saturated heterocycles. The average Bonchev–Trinajstić information content (AvgIpc) is 3.28. The first kappa shape index (κ1) is 17.0. The Balaban J connectivity index is 0.00000200. The molecule has 4 nitrogen and oxygen atoms in total. The zero-order chi connectivity index (χ0) is 13.8. The van der Waals surface area contributed by atoms with Gasteiger partial charge in [-0.3, -0.25) is 9.69 Å². The van der Waals surface area contributed by atoms with Crippen molar-refractivity contribution in [3.05, 3.63) is 35.4 Å². The standard InChI is InChI=1S/C15H23N3O.ClH/c1-11(18(2)14-7-8-14)10-17-15(19)13-5-3-12(9-16)4-6-13;/h3-6,11,14H,7-10,16H2,1-2H3,(H,17,19);1H. The van der Waals surface area contributed by atoms with Crippen LogP contribution in [-0.4, -0.2) is 36.5 Å². The molecule has 1 saturated carbocycles. The molecule has 0 radical (unpaired) electrons. The summed E-state index contributed by atoms with van der Waals surface area (Å²) in [4.78, 5) is 14.3. The summed E-state index contributed by atoms with van der Waals surface area (Å²) in [5.41, 5.74) is 7.27. The van der Waals surface area contributed by atoms with Crippen molar-refractivity contribution in [2.24, 2.45) is 5.73 Å². The van der Waals surface area contributed by atoms with Crippen LogP contribution >= 0.6 is 12.4 Å². The quantitative estimate of drug-likeness (QED) is 0.841. The summed E-state index contributed by atoms with van der Waals surface area (Å²) >= 11 is 0. The zero-order valence-electron chi connectivity index (χ0n) is 12.1. The van der Waals surface area contributed by atoms with E-state index >= 15 is 0 Å². The van der Waals surface area contributed by atoms with Crippen molar-refractivity contribution >= 4 is 18.3 Å². The van der Waals surface area contributed by atoms with E-state index in [9.17, 15) is 4.79 Å². The van der Waals surface area contributed by atoms with Gasteiger partial charge in [-0.15, -0.1) is 12.4 Å². The Hall–Kier alpha value is -1.10. The molecular weight excluding hydrogens is 274 g/mol. The van der Waals surface area contributed by atoms with Crippen LogP contribution in [0.5, 0.6) is 0 Å². The molecule has 1 aromatic carbocycles. The first-order chi connectivity index (χ1) is 9.11. The van der Waals surface area contributed by atoms with Gasteiger partial charge in [0, 0.05) is 30.7 Å². The van der Waals surface area contributed by atoms with Gasteiger partial charge in [0.2, 0.25) is 0 Å². The fraction of sp³-hybridized carbons (Fsp3) is 0.533.